The van der Waals surface area contributed by atoms with Crippen molar-refractivity contribution in [3.8, 4) is 17.1 Å². The predicted molar refractivity (Wildman–Crippen MR) is 158 cm³/mol. The van der Waals surface area contributed by atoms with Crippen LogP contribution in [0, 0.1) is 11.8 Å². The number of aromatic nitrogens is 2. The third kappa shape index (κ3) is 12.0. The van der Waals surface area contributed by atoms with Gasteiger partial charge in [-0.15, -0.1) is 0 Å². The maximum Gasteiger partial charge on any atom is 0.159 e. The van der Waals surface area contributed by atoms with E-state index in [4.69, 9.17) is 4.74 Å². The van der Waals surface area contributed by atoms with E-state index in [1.54, 1.807) is 0 Å². The Hall–Kier alpha value is -1.90. The van der Waals surface area contributed by atoms with Crippen LogP contribution in [-0.4, -0.2) is 16.6 Å². The average Bonchev–Trinajstić information content (AvgIpc) is 2.94. The summed E-state index contributed by atoms with van der Waals surface area (Å²) in [5, 5.41) is 0. The van der Waals surface area contributed by atoms with Crippen molar-refractivity contribution in [2.45, 2.75) is 136 Å². The zero-order valence-electron chi connectivity index (χ0n) is 24.1. The molecule has 0 atom stereocenters. The summed E-state index contributed by atoms with van der Waals surface area (Å²) in [6.45, 7) is 5.38. The van der Waals surface area contributed by atoms with Crippen LogP contribution in [-0.2, 0) is 6.42 Å². The van der Waals surface area contributed by atoms with E-state index in [0.29, 0.717) is 0 Å². The van der Waals surface area contributed by atoms with Crippen molar-refractivity contribution >= 4 is 0 Å². The first kappa shape index (κ1) is 29.7. The van der Waals surface area contributed by atoms with Crippen LogP contribution in [0.25, 0.3) is 11.4 Å². The first-order valence-corrected chi connectivity index (χ1v) is 15.8. The van der Waals surface area contributed by atoms with Crippen LogP contribution in [0.3, 0.4) is 0 Å². The zero-order chi connectivity index (χ0) is 26.0. The summed E-state index contributed by atoms with van der Waals surface area (Å²) in [7, 11) is 0. The van der Waals surface area contributed by atoms with Crippen molar-refractivity contribution in [1.82, 2.24) is 9.97 Å². The van der Waals surface area contributed by atoms with Gasteiger partial charge in [0.15, 0.2) is 5.82 Å². The molecule has 1 fully saturated rings. The van der Waals surface area contributed by atoms with Crippen molar-refractivity contribution in [2.75, 3.05) is 6.61 Å². The fourth-order valence-corrected chi connectivity index (χ4v) is 5.85. The van der Waals surface area contributed by atoms with E-state index in [1.807, 2.05) is 12.4 Å². The number of rotatable bonds is 19. The molecule has 37 heavy (non-hydrogen) atoms. The van der Waals surface area contributed by atoms with Crippen molar-refractivity contribution in [3.63, 3.8) is 0 Å². The number of aryl methyl sites for hydroxylation is 1. The lowest BCUT2D eigenvalue weighted by Crippen LogP contribution is -2.15. The molecule has 0 bridgehead atoms. The fourth-order valence-electron chi connectivity index (χ4n) is 5.85. The summed E-state index contributed by atoms with van der Waals surface area (Å²) in [4.78, 5) is 9.21. The molecule has 1 saturated carbocycles. The molecule has 3 nitrogen and oxygen atoms in total. The van der Waals surface area contributed by atoms with Crippen molar-refractivity contribution < 1.29 is 4.74 Å². The van der Waals surface area contributed by atoms with Gasteiger partial charge in [0, 0.05) is 18.0 Å². The highest BCUT2D eigenvalue weighted by molar-refractivity contribution is 5.55. The van der Waals surface area contributed by atoms with Crippen molar-refractivity contribution in [3.05, 3.63) is 42.2 Å². The van der Waals surface area contributed by atoms with Gasteiger partial charge in [-0.2, -0.15) is 0 Å². The Morgan fingerprint density at radius 1 is 0.649 bits per heavy atom. The second kappa shape index (κ2) is 18.4. The van der Waals surface area contributed by atoms with E-state index in [2.05, 4.69) is 48.1 Å². The van der Waals surface area contributed by atoms with E-state index in [1.165, 1.54) is 115 Å². The molecule has 3 rings (SSSR count). The minimum Gasteiger partial charge on any atom is -0.494 e. The SMILES string of the molecule is CCCCCCCC[C@H]1CC[C@H](CCCOc2ccc(-c3ncc(CCCCCCC)cn3)cc2)CC1. The third-order valence-electron chi connectivity index (χ3n) is 8.34. The second-order valence-electron chi connectivity index (χ2n) is 11.5. The lowest BCUT2D eigenvalue weighted by molar-refractivity contribution is 0.228. The summed E-state index contributed by atoms with van der Waals surface area (Å²) in [5.74, 6) is 3.68. The van der Waals surface area contributed by atoms with E-state index in [-0.39, 0.29) is 0 Å². The molecule has 1 aliphatic rings. The molecule has 2 aromatic rings. The van der Waals surface area contributed by atoms with Crippen LogP contribution < -0.4 is 4.74 Å². The molecule has 3 heteroatoms. The normalized spacial score (nSPS) is 17.7. The van der Waals surface area contributed by atoms with Gasteiger partial charge in [0.2, 0.25) is 0 Å². The quantitative estimate of drug-likeness (QED) is 0.178. The van der Waals surface area contributed by atoms with Crippen LogP contribution in [0.1, 0.15) is 135 Å². The molecular formula is C34H54N2O. The number of unbranched alkanes of at least 4 members (excludes halogenated alkanes) is 9. The Balaban J connectivity index is 1.25. The van der Waals surface area contributed by atoms with E-state index >= 15 is 0 Å². The number of benzene rings is 1. The zero-order valence-corrected chi connectivity index (χ0v) is 24.1. The van der Waals surface area contributed by atoms with Gasteiger partial charge in [-0.25, -0.2) is 9.97 Å². The monoisotopic (exact) mass is 506 g/mol. The molecule has 0 radical (unpaired) electrons. The Morgan fingerprint density at radius 3 is 1.81 bits per heavy atom. The minimum atomic E-state index is 0.799. The molecular weight excluding hydrogens is 452 g/mol. The second-order valence-corrected chi connectivity index (χ2v) is 11.5. The summed E-state index contributed by atoms with van der Waals surface area (Å²) in [5.41, 5.74) is 2.30. The van der Waals surface area contributed by atoms with Crippen LogP contribution in [0.2, 0.25) is 0 Å². The molecule has 1 heterocycles. The smallest absolute Gasteiger partial charge is 0.159 e. The topological polar surface area (TPSA) is 35.0 Å². The summed E-state index contributed by atoms with van der Waals surface area (Å²) in [6, 6.07) is 8.29. The first-order chi connectivity index (χ1) is 18.3. The molecule has 0 unspecified atom stereocenters. The van der Waals surface area contributed by atoms with Crippen LogP contribution in [0.5, 0.6) is 5.75 Å². The molecule has 0 spiro atoms. The van der Waals surface area contributed by atoms with Gasteiger partial charge < -0.3 is 4.74 Å². The highest BCUT2D eigenvalue weighted by atomic mass is 16.5. The standard InChI is InChI=1S/C34H54N2O/c1-3-5-7-9-11-12-15-29-18-20-30(21-19-29)17-14-26-37-33-24-22-32(23-25-33)34-35-27-31(28-36-34)16-13-10-8-6-4-2/h22-25,27-30H,3-21,26H2,1-2H3/t29-,30-. The molecule has 1 aromatic carbocycles. The van der Waals surface area contributed by atoms with Crippen molar-refractivity contribution in [2.24, 2.45) is 11.8 Å². The van der Waals surface area contributed by atoms with Crippen LogP contribution >= 0.6 is 0 Å². The molecule has 0 amide bonds. The average molecular weight is 507 g/mol. The summed E-state index contributed by atoms with van der Waals surface area (Å²) in [6.07, 6.45) is 29.9. The number of ether oxygens (including phenoxy) is 1. The van der Waals surface area contributed by atoms with Gasteiger partial charge in [-0.1, -0.05) is 110 Å². The van der Waals surface area contributed by atoms with E-state index in [0.717, 1.165) is 48.4 Å². The minimum absolute atomic E-state index is 0.799. The van der Waals surface area contributed by atoms with E-state index in [9.17, 15) is 0 Å². The maximum absolute atomic E-state index is 6.05. The van der Waals surface area contributed by atoms with Crippen LogP contribution in [0.4, 0.5) is 0 Å². The molecule has 0 aliphatic heterocycles. The third-order valence-corrected chi connectivity index (χ3v) is 8.34. The molecule has 0 saturated heterocycles. The highest BCUT2D eigenvalue weighted by Crippen LogP contribution is 2.34. The van der Waals surface area contributed by atoms with Gasteiger partial charge in [0.25, 0.3) is 0 Å². The maximum atomic E-state index is 6.05. The Labute approximate surface area is 228 Å². The molecule has 0 N–H and O–H groups in total. The van der Waals surface area contributed by atoms with Gasteiger partial charge in [-0.05, 0) is 67.3 Å². The lowest BCUT2D eigenvalue weighted by atomic mass is 9.78. The lowest BCUT2D eigenvalue weighted by Gasteiger charge is -2.28. The van der Waals surface area contributed by atoms with Gasteiger partial charge in [0.05, 0.1) is 6.61 Å². The summed E-state index contributed by atoms with van der Waals surface area (Å²) >= 11 is 0. The fraction of sp³-hybridized carbons (Fsp3) is 0.706. The molecule has 1 aromatic heterocycles. The van der Waals surface area contributed by atoms with Crippen LogP contribution in [0.15, 0.2) is 36.7 Å². The molecule has 1 aliphatic carbocycles. The Bertz CT molecular complexity index is 809. The van der Waals surface area contributed by atoms with Gasteiger partial charge >= 0.3 is 0 Å². The Kier molecular flexibility index (Phi) is 14.7. The number of hydrogen-bond donors (Lipinski definition) is 0. The van der Waals surface area contributed by atoms with E-state index < -0.39 is 0 Å². The van der Waals surface area contributed by atoms with Gasteiger partial charge in [0.1, 0.15) is 5.75 Å². The summed E-state index contributed by atoms with van der Waals surface area (Å²) < 4.78 is 6.05. The molecule has 206 valence electrons. The Morgan fingerprint density at radius 2 is 1.19 bits per heavy atom. The predicted octanol–water partition coefficient (Wildman–Crippen LogP) is 10.4. The number of nitrogens with zero attached hydrogens (tertiary/aromatic N) is 2. The highest BCUT2D eigenvalue weighted by Gasteiger charge is 2.20. The largest absolute Gasteiger partial charge is 0.494 e. The first-order valence-electron chi connectivity index (χ1n) is 15.8. The van der Waals surface area contributed by atoms with Gasteiger partial charge in [-0.3, -0.25) is 0 Å². The number of hydrogen-bond acceptors (Lipinski definition) is 3. The van der Waals surface area contributed by atoms with Crippen molar-refractivity contribution in [1.29, 1.82) is 0 Å².